The Labute approximate surface area is 98.6 Å². The van der Waals surface area contributed by atoms with Crippen molar-refractivity contribution in [3.63, 3.8) is 0 Å². The first-order valence-electron chi connectivity index (χ1n) is 4.80. The molecule has 0 atom stereocenters. The van der Waals surface area contributed by atoms with Crippen molar-refractivity contribution in [2.24, 2.45) is 0 Å². The lowest BCUT2D eigenvalue weighted by molar-refractivity contribution is -0.131. The Bertz CT molecular complexity index is 568. The van der Waals surface area contributed by atoms with E-state index in [0.717, 1.165) is 16.3 Å². The summed E-state index contributed by atoms with van der Waals surface area (Å²) in [7, 11) is 0. The van der Waals surface area contributed by atoms with Crippen LogP contribution in [-0.2, 0) is 4.79 Å². The van der Waals surface area contributed by atoms with Gasteiger partial charge in [-0.2, -0.15) is 0 Å². The molecule has 0 unspecified atom stereocenters. The Morgan fingerprint density at radius 3 is 2.56 bits per heavy atom. The second-order valence-electron chi connectivity index (χ2n) is 3.40. The van der Waals surface area contributed by atoms with E-state index in [9.17, 15) is 4.79 Å². The van der Waals surface area contributed by atoms with E-state index in [-0.39, 0.29) is 4.91 Å². The number of benzene rings is 2. The SMILES string of the molecule is O=C(O)/C(S)=C/c1cccc2ccccc12. The molecule has 0 saturated carbocycles. The second-order valence-corrected chi connectivity index (χ2v) is 3.88. The highest BCUT2D eigenvalue weighted by atomic mass is 32.1. The zero-order chi connectivity index (χ0) is 11.5. The number of carbonyl (C=O) groups is 1. The molecule has 2 rings (SSSR count). The van der Waals surface area contributed by atoms with Gasteiger partial charge in [-0.05, 0) is 22.4 Å². The molecule has 2 aromatic rings. The number of thiol groups is 1. The number of rotatable bonds is 2. The summed E-state index contributed by atoms with van der Waals surface area (Å²) in [5.41, 5.74) is 0.866. The van der Waals surface area contributed by atoms with Crippen LogP contribution in [0, 0.1) is 0 Å². The molecule has 1 N–H and O–H groups in total. The highest BCUT2D eigenvalue weighted by Gasteiger charge is 2.03. The molecule has 0 amide bonds. The van der Waals surface area contributed by atoms with Gasteiger partial charge in [-0.1, -0.05) is 42.5 Å². The summed E-state index contributed by atoms with van der Waals surface area (Å²) in [6, 6.07) is 13.6. The van der Waals surface area contributed by atoms with Gasteiger partial charge in [-0.25, -0.2) is 4.79 Å². The van der Waals surface area contributed by atoms with Crippen molar-refractivity contribution in [3.8, 4) is 0 Å². The Hall–Kier alpha value is -1.74. The molecule has 0 radical (unpaired) electrons. The minimum Gasteiger partial charge on any atom is -0.477 e. The standard InChI is InChI=1S/C13H10O2S/c14-13(15)12(16)8-10-6-3-5-9-4-1-2-7-11(9)10/h1-8,16H,(H,14,15)/b12-8-. The Morgan fingerprint density at radius 1 is 1.12 bits per heavy atom. The number of carboxylic acids is 1. The minimum atomic E-state index is -1.02. The van der Waals surface area contributed by atoms with Gasteiger partial charge in [0.1, 0.15) is 0 Å². The molecule has 0 bridgehead atoms. The lowest BCUT2D eigenvalue weighted by Crippen LogP contribution is -1.93. The van der Waals surface area contributed by atoms with Gasteiger partial charge in [0.25, 0.3) is 0 Å². The van der Waals surface area contributed by atoms with Gasteiger partial charge in [-0.15, -0.1) is 12.6 Å². The fraction of sp³-hybridized carbons (Fsp3) is 0. The van der Waals surface area contributed by atoms with Crippen molar-refractivity contribution < 1.29 is 9.90 Å². The quantitative estimate of drug-likeness (QED) is 0.614. The predicted octanol–water partition coefficient (Wildman–Crippen LogP) is 3.20. The van der Waals surface area contributed by atoms with Crippen molar-refractivity contribution in [2.75, 3.05) is 0 Å². The zero-order valence-electron chi connectivity index (χ0n) is 8.42. The minimum absolute atomic E-state index is 0.0383. The first-order valence-corrected chi connectivity index (χ1v) is 5.25. The lowest BCUT2D eigenvalue weighted by atomic mass is 10.0. The van der Waals surface area contributed by atoms with E-state index in [4.69, 9.17) is 5.11 Å². The largest absolute Gasteiger partial charge is 0.477 e. The molecule has 0 heterocycles. The third-order valence-corrected chi connectivity index (χ3v) is 2.66. The van der Waals surface area contributed by atoms with Gasteiger partial charge in [-0.3, -0.25) is 0 Å². The Balaban J connectivity index is 2.61. The zero-order valence-corrected chi connectivity index (χ0v) is 9.32. The molecule has 0 aromatic heterocycles. The summed E-state index contributed by atoms with van der Waals surface area (Å²) in [4.78, 5) is 10.7. The molecule has 80 valence electrons. The van der Waals surface area contributed by atoms with Gasteiger partial charge >= 0.3 is 5.97 Å². The van der Waals surface area contributed by atoms with Gasteiger partial charge in [0.05, 0.1) is 4.91 Å². The molecule has 0 aliphatic rings. The smallest absolute Gasteiger partial charge is 0.341 e. The van der Waals surface area contributed by atoms with Crippen LogP contribution in [-0.4, -0.2) is 11.1 Å². The summed E-state index contributed by atoms with van der Waals surface area (Å²) in [6.07, 6.45) is 1.56. The summed E-state index contributed by atoms with van der Waals surface area (Å²) in [6.45, 7) is 0. The lowest BCUT2D eigenvalue weighted by Gasteiger charge is -2.02. The van der Waals surface area contributed by atoms with Crippen LogP contribution < -0.4 is 0 Å². The molecule has 2 aromatic carbocycles. The molecule has 0 aliphatic carbocycles. The van der Waals surface area contributed by atoms with E-state index < -0.39 is 5.97 Å². The van der Waals surface area contributed by atoms with Crippen LogP contribution in [0.1, 0.15) is 5.56 Å². The molecule has 0 spiro atoms. The maximum absolute atomic E-state index is 10.7. The van der Waals surface area contributed by atoms with Crippen LogP contribution in [0.25, 0.3) is 16.8 Å². The summed E-state index contributed by atoms with van der Waals surface area (Å²) in [5.74, 6) is -1.02. The fourth-order valence-corrected chi connectivity index (χ4v) is 1.72. The van der Waals surface area contributed by atoms with Gasteiger partial charge in [0.15, 0.2) is 0 Å². The van der Waals surface area contributed by atoms with E-state index in [2.05, 4.69) is 12.6 Å². The van der Waals surface area contributed by atoms with Gasteiger partial charge in [0, 0.05) is 0 Å². The predicted molar refractivity (Wildman–Crippen MR) is 68.5 cm³/mol. The molecular weight excluding hydrogens is 220 g/mol. The molecule has 0 saturated heterocycles. The normalized spacial score (nSPS) is 11.7. The van der Waals surface area contributed by atoms with E-state index >= 15 is 0 Å². The number of fused-ring (bicyclic) bond motifs is 1. The average Bonchev–Trinajstić information content (AvgIpc) is 2.29. The van der Waals surface area contributed by atoms with Crippen molar-refractivity contribution >= 4 is 35.4 Å². The summed E-state index contributed by atoms with van der Waals surface area (Å²) >= 11 is 3.92. The van der Waals surface area contributed by atoms with Crippen molar-refractivity contribution in [2.45, 2.75) is 0 Å². The van der Waals surface area contributed by atoms with E-state index in [1.807, 2.05) is 42.5 Å². The van der Waals surface area contributed by atoms with Gasteiger partial charge in [0.2, 0.25) is 0 Å². The molecule has 3 heteroatoms. The Morgan fingerprint density at radius 2 is 1.81 bits per heavy atom. The van der Waals surface area contributed by atoms with Crippen molar-refractivity contribution in [3.05, 3.63) is 52.9 Å². The van der Waals surface area contributed by atoms with E-state index in [1.165, 1.54) is 0 Å². The van der Waals surface area contributed by atoms with Crippen LogP contribution in [0.3, 0.4) is 0 Å². The van der Waals surface area contributed by atoms with Crippen LogP contribution in [0.5, 0.6) is 0 Å². The van der Waals surface area contributed by atoms with Crippen LogP contribution in [0.2, 0.25) is 0 Å². The van der Waals surface area contributed by atoms with E-state index in [1.54, 1.807) is 6.08 Å². The second kappa shape index (κ2) is 4.41. The number of hydrogen-bond acceptors (Lipinski definition) is 2. The monoisotopic (exact) mass is 230 g/mol. The number of carboxylic acid groups (broad SMARTS) is 1. The first-order chi connectivity index (χ1) is 7.68. The number of hydrogen-bond donors (Lipinski definition) is 2. The third kappa shape index (κ3) is 2.09. The van der Waals surface area contributed by atoms with Crippen molar-refractivity contribution in [1.82, 2.24) is 0 Å². The van der Waals surface area contributed by atoms with Crippen molar-refractivity contribution in [1.29, 1.82) is 0 Å². The fourth-order valence-electron chi connectivity index (χ4n) is 1.59. The summed E-state index contributed by atoms with van der Waals surface area (Å²) in [5, 5.41) is 10.9. The average molecular weight is 230 g/mol. The number of aliphatic carboxylic acids is 1. The molecular formula is C13H10O2S. The van der Waals surface area contributed by atoms with Crippen LogP contribution in [0.4, 0.5) is 0 Å². The first kappa shape index (κ1) is 10.8. The molecule has 0 aliphatic heterocycles. The highest BCUT2D eigenvalue weighted by Crippen LogP contribution is 2.21. The third-order valence-electron chi connectivity index (χ3n) is 2.33. The van der Waals surface area contributed by atoms with Gasteiger partial charge < -0.3 is 5.11 Å². The van der Waals surface area contributed by atoms with Crippen LogP contribution >= 0.6 is 12.6 Å². The highest BCUT2D eigenvalue weighted by molar-refractivity contribution is 7.85. The Kier molecular flexibility index (Phi) is 2.97. The molecule has 0 fully saturated rings. The maximum atomic E-state index is 10.7. The molecule has 2 nitrogen and oxygen atoms in total. The maximum Gasteiger partial charge on any atom is 0.341 e. The van der Waals surface area contributed by atoms with Crippen LogP contribution in [0.15, 0.2) is 47.4 Å². The van der Waals surface area contributed by atoms with E-state index in [0.29, 0.717) is 0 Å². The molecule has 16 heavy (non-hydrogen) atoms. The topological polar surface area (TPSA) is 37.3 Å². The summed E-state index contributed by atoms with van der Waals surface area (Å²) < 4.78 is 0.